The maximum atomic E-state index is 12.6. The third-order valence-corrected chi connectivity index (χ3v) is 5.79. The summed E-state index contributed by atoms with van der Waals surface area (Å²) in [6.07, 6.45) is 1.48. The van der Waals surface area contributed by atoms with Crippen molar-refractivity contribution >= 4 is 40.7 Å². The van der Waals surface area contributed by atoms with Gasteiger partial charge in [-0.25, -0.2) is 10.2 Å². The van der Waals surface area contributed by atoms with Gasteiger partial charge in [-0.15, -0.1) is 0 Å². The van der Waals surface area contributed by atoms with Crippen molar-refractivity contribution in [2.24, 2.45) is 5.10 Å². The average Bonchev–Trinajstić information content (AvgIpc) is 2.88. The summed E-state index contributed by atoms with van der Waals surface area (Å²) in [4.78, 5) is 24.7. The molecule has 0 atom stereocenters. The van der Waals surface area contributed by atoms with Gasteiger partial charge >= 0.3 is 5.97 Å². The quantitative estimate of drug-likeness (QED) is 0.116. The Labute approximate surface area is 228 Å². The summed E-state index contributed by atoms with van der Waals surface area (Å²) in [5, 5.41) is 3.95. The van der Waals surface area contributed by atoms with E-state index in [4.69, 9.17) is 23.7 Å². The smallest absolute Gasteiger partial charge is 0.343 e. The number of nitrogens with one attached hydrogen (secondary N) is 1. The molecule has 0 aromatic heterocycles. The number of halogens is 1. The SMILES string of the molecule is COc1cc(C(=O)Oc2ccc(C=NNC(=O)COc3c(C)cc(I)cc3C)cc2)cc(OC)c1OC. The van der Waals surface area contributed by atoms with E-state index in [0.29, 0.717) is 34.3 Å². The second-order valence-corrected chi connectivity index (χ2v) is 9.07. The second kappa shape index (κ2) is 12.9. The Hall–Kier alpha value is -3.80. The molecule has 10 heteroatoms. The van der Waals surface area contributed by atoms with E-state index in [2.05, 4.69) is 33.1 Å². The molecule has 0 heterocycles. The zero-order valence-electron chi connectivity index (χ0n) is 21.1. The molecule has 0 aliphatic heterocycles. The summed E-state index contributed by atoms with van der Waals surface area (Å²) in [5.74, 6) is 1.11. The Morgan fingerprint density at radius 3 is 2.03 bits per heavy atom. The lowest BCUT2D eigenvalue weighted by atomic mass is 10.1. The minimum Gasteiger partial charge on any atom is -0.493 e. The van der Waals surface area contributed by atoms with Gasteiger partial charge in [0.25, 0.3) is 5.91 Å². The monoisotopic (exact) mass is 618 g/mol. The van der Waals surface area contributed by atoms with Crippen molar-refractivity contribution < 1.29 is 33.3 Å². The van der Waals surface area contributed by atoms with Gasteiger partial charge in [-0.1, -0.05) is 0 Å². The summed E-state index contributed by atoms with van der Waals surface area (Å²) in [6, 6.07) is 13.6. The number of aryl methyl sites for hydroxylation is 2. The standard InChI is InChI=1S/C27H27IN2O7/c1-16-10-20(28)11-17(2)25(16)36-15-24(31)30-29-14-18-6-8-21(9-7-18)37-27(32)19-12-22(33-3)26(35-5)23(13-19)34-4/h6-14H,15H2,1-5H3,(H,30,31). The van der Waals surface area contributed by atoms with E-state index in [-0.39, 0.29) is 18.1 Å². The van der Waals surface area contributed by atoms with Crippen LogP contribution in [0.25, 0.3) is 0 Å². The molecule has 3 aromatic rings. The predicted octanol–water partition coefficient (Wildman–Crippen LogP) is 4.68. The highest BCUT2D eigenvalue weighted by molar-refractivity contribution is 14.1. The lowest BCUT2D eigenvalue weighted by molar-refractivity contribution is -0.123. The van der Waals surface area contributed by atoms with E-state index in [1.807, 2.05) is 26.0 Å². The number of carbonyl (C=O) groups excluding carboxylic acids is 2. The summed E-state index contributed by atoms with van der Waals surface area (Å²) < 4.78 is 28.0. The van der Waals surface area contributed by atoms with Gasteiger partial charge in [-0.3, -0.25) is 4.79 Å². The number of methoxy groups -OCH3 is 3. The molecule has 3 aromatic carbocycles. The van der Waals surface area contributed by atoms with Crippen LogP contribution in [0.1, 0.15) is 27.0 Å². The van der Waals surface area contributed by atoms with Crippen LogP contribution in [0, 0.1) is 17.4 Å². The van der Waals surface area contributed by atoms with Crippen LogP contribution < -0.4 is 29.1 Å². The number of hydrazone groups is 1. The zero-order chi connectivity index (χ0) is 26.9. The van der Waals surface area contributed by atoms with Gasteiger partial charge in [0.2, 0.25) is 5.75 Å². The van der Waals surface area contributed by atoms with E-state index < -0.39 is 5.97 Å². The lowest BCUT2D eigenvalue weighted by Crippen LogP contribution is -2.25. The predicted molar refractivity (Wildman–Crippen MR) is 147 cm³/mol. The largest absolute Gasteiger partial charge is 0.493 e. The molecule has 0 radical (unpaired) electrons. The van der Waals surface area contributed by atoms with Gasteiger partial charge < -0.3 is 23.7 Å². The van der Waals surface area contributed by atoms with E-state index >= 15 is 0 Å². The molecule has 0 aliphatic carbocycles. The van der Waals surface area contributed by atoms with Crippen molar-refractivity contribution in [1.29, 1.82) is 0 Å². The van der Waals surface area contributed by atoms with Crippen molar-refractivity contribution in [2.75, 3.05) is 27.9 Å². The highest BCUT2D eigenvalue weighted by Crippen LogP contribution is 2.38. The van der Waals surface area contributed by atoms with Gasteiger partial charge in [-0.2, -0.15) is 5.10 Å². The Morgan fingerprint density at radius 1 is 0.892 bits per heavy atom. The first-order valence-electron chi connectivity index (χ1n) is 11.1. The fraction of sp³-hybridized carbons (Fsp3) is 0.222. The minimum absolute atomic E-state index is 0.157. The average molecular weight is 618 g/mol. The van der Waals surface area contributed by atoms with Gasteiger partial charge in [-0.05, 0) is 102 Å². The normalized spacial score (nSPS) is 10.6. The Morgan fingerprint density at radius 2 is 1.49 bits per heavy atom. The molecule has 0 saturated heterocycles. The summed E-state index contributed by atoms with van der Waals surface area (Å²) in [5.41, 5.74) is 5.29. The van der Waals surface area contributed by atoms with Crippen LogP contribution in [0.4, 0.5) is 0 Å². The number of amides is 1. The van der Waals surface area contributed by atoms with Gasteiger partial charge in [0, 0.05) is 3.57 Å². The molecular weight excluding hydrogens is 591 g/mol. The zero-order valence-corrected chi connectivity index (χ0v) is 23.2. The number of rotatable bonds is 10. The molecule has 0 unspecified atom stereocenters. The number of ether oxygens (including phenoxy) is 5. The van der Waals surface area contributed by atoms with Gasteiger partial charge in [0.05, 0.1) is 33.1 Å². The van der Waals surface area contributed by atoms with Crippen LogP contribution in [-0.4, -0.2) is 46.0 Å². The molecule has 37 heavy (non-hydrogen) atoms. The first kappa shape index (κ1) is 27.8. The highest BCUT2D eigenvalue weighted by atomic mass is 127. The van der Waals surface area contributed by atoms with E-state index in [1.165, 1.54) is 39.7 Å². The number of nitrogens with zero attached hydrogens (tertiary/aromatic N) is 1. The third-order valence-electron chi connectivity index (χ3n) is 5.17. The lowest BCUT2D eigenvalue weighted by Gasteiger charge is -2.13. The molecule has 194 valence electrons. The number of carbonyl (C=O) groups is 2. The molecular formula is C27H27IN2O7. The fourth-order valence-electron chi connectivity index (χ4n) is 3.46. The molecule has 0 aliphatic rings. The fourth-order valence-corrected chi connectivity index (χ4v) is 4.39. The molecule has 0 fully saturated rings. The van der Waals surface area contributed by atoms with Gasteiger partial charge in [0.1, 0.15) is 11.5 Å². The first-order valence-corrected chi connectivity index (χ1v) is 12.2. The van der Waals surface area contributed by atoms with Crippen LogP contribution >= 0.6 is 22.6 Å². The van der Waals surface area contributed by atoms with E-state index in [1.54, 1.807) is 24.3 Å². The maximum Gasteiger partial charge on any atom is 0.343 e. The Kier molecular flexibility index (Phi) is 9.72. The van der Waals surface area contributed by atoms with Crippen LogP contribution in [0.15, 0.2) is 53.6 Å². The molecule has 0 bridgehead atoms. The molecule has 9 nitrogen and oxygen atoms in total. The Balaban J connectivity index is 1.55. The third kappa shape index (κ3) is 7.35. The highest BCUT2D eigenvalue weighted by Gasteiger charge is 2.18. The molecule has 0 saturated carbocycles. The first-order chi connectivity index (χ1) is 17.7. The topological polar surface area (TPSA) is 105 Å². The van der Waals surface area contributed by atoms with Crippen LogP contribution in [-0.2, 0) is 4.79 Å². The molecule has 1 N–H and O–H groups in total. The number of benzene rings is 3. The van der Waals surface area contributed by atoms with Crippen molar-refractivity contribution in [2.45, 2.75) is 13.8 Å². The van der Waals surface area contributed by atoms with Crippen LogP contribution in [0.3, 0.4) is 0 Å². The second-order valence-electron chi connectivity index (χ2n) is 7.82. The Bertz CT molecular complexity index is 1260. The molecule has 1 amide bonds. The summed E-state index contributed by atoms with van der Waals surface area (Å²) >= 11 is 2.24. The summed E-state index contributed by atoms with van der Waals surface area (Å²) in [6.45, 7) is 3.72. The van der Waals surface area contributed by atoms with Gasteiger partial charge in [0.15, 0.2) is 18.1 Å². The van der Waals surface area contributed by atoms with Crippen molar-refractivity contribution in [3.05, 3.63) is 74.4 Å². The van der Waals surface area contributed by atoms with Crippen molar-refractivity contribution in [3.63, 3.8) is 0 Å². The number of hydrogen-bond acceptors (Lipinski definition) is 8. The van der Waals surface area contributed by atoms with E-state index in [9.17, 15) is 9.59 Å². The van der Waals surface area contributed by atoms with Crippen molar-refractivity contribution in [1.82, 2.24) is 5.43 Å². The number of esters is 1. The van der Waals surface area contributed by atoms with Crippen molar-refractivity contribution in [3.8, 4) is 28.7 Å². The van der Waals surface area contributed by atoms with Crippen LogP contribution in [0.2, 0.25) is 0 Å². The molecule has 0 spiro atoms. The number of hydrogen-bond donors (Lipinski definition) is 1. The summed E-state index contributed by atoms with van der Waals surface area (Å²) in [7, 11) is 4.41. The maximum absolute atomic E-state index is 12.6. The minimum atomic E-state index is -0.591. The van der Waals surface area contributed by atoms with Crippen LogP contribution in [0.5, 0.6) is 28.7 Å². The molecule has 3 rings (SSSR count). The van der Waals surface area contributed by atoms with E-state index in [0.717, 1.165) is 14.7 Å².